The molecule has 0 spiro atoms. The third kappa shape index (κ3) is 6.42. The van der Waals surface area contributed by atoms with Crippen LogP contribution in [0.4, 0.5) is 0 Å². The van der Waals surface area contributed by atoms with E-state index < -0.39 is 46.3 Å². The van der Waals surface area contributed by atoms with Crippen molar-refractivity contribution in [3.63, 3.8) is 0 Å². The van der Waals surface area contributed by atoms with E-state index in [1.807, 2.05) is 20.8 Å². The Labute approximate surface area is 294 Å². The lowest BCUT2D eigenvalue weighted by molar-refractivity contribution is -0.386. The summed E-state index contributed by atoms with van der Waals surface area (Å²) in [5, 5.41) is 45.5. The number of methoxy groups -OCH3 is 1. The number of nitrogens with zero attached hydrogens (tertiary/aromatic N) is 1. The molecule has 0 aromatic rings. The van der Waals surface area contributed by atoms with E-state index in [-0.39, 0.29) is 37.4 Å². The lowest BCUT2D eigenvalue weighted by Crippen LogP contribution is -2.75. The second-order valence-electron chi connectivity index (χ2n) is 16.2. The summed E-state index contributed by atoms with van der Waals surface area (Å²) in [6.07, 6.45) is 5.75. The minimum atomic E-state index is -1.76. The zero-order valence-electron chi connectivity index (χ0n) is 31.2. The Bertz CT molecular complexity index is 1150. The number of fused-ring (bicyclic) bond motifs is 5. The Morgan fingerprint density at radius 2 is 1.53 bits per heavy atom. The largest absolute Gasteiger partial charge is 0.389 e. The molecule has 1 aliphatic heterocycles. The molecule has 4 aliphatic carbocycles. The molecule has 5 rings (SSSR count). The Kier molecular flexibility index (Phi) is 12.2. The number of hydrogen-bond acceptors (Lipinski definition) is 11. The quantitative estimate of drug-likeness (QED) is 0.122. The smallest absolute Gasteiger partial charge is 0.192 e. The topological polar surface area (TPSA) is 149 Å². The SMILES string of the molecule is CCOCO[C@@]12CCC(O)(CCC#N)[C@@]1(C)CC[C@@H]1[C@H]2CCC2CC(O[C@@H]3O[C@H](C)[C@](O)(COCC)[C@H](OC)[C@]3(O)COCC)CC[C@@]21C. The molecule has 1 heterocycles. The van der Waals surface area contributed by atoms with Crippen LogP contribution < -0.4 is 0 Å². The molecule has 3 N–H and O–H groups in total. The first-order valence-electron chi connectivity index (χ1n) is 19.0. The van der Waals surface area contributed by atoms with E-state index in [2.05, 4.69) is 19.9 Å². The third-order valence-electron chi connectivity index (χ3n) is 14.3. The Balaban J connectivity index is 1.36. The number of aliphatic hydroxyl groups is 3. The summed E-state index contributed by atoms with van der Waals surface area (Å²) < 4.78 is 42.9. The fraction of sp³-hybridized carbons (Fsp3) is 0.974. The third-order valence-corrected chi connectivity index (χ3v) is 14.3. The van der Waals surface area contributed by atoms with Crippen molar-refractivity contribution in [2.75, 3.05) is 46.9 Å². The molecule has 5 aliphatic rings. The summed E-state index contributed by atoms with van der Waals surface area (Å²) in [5.74, 6) is 1.12. The highest BCUT2D eigenvalue weighted by atomic mass is 16.7. The fourth-order valence-electron chi connectivity index (χ4n) is 11.4. The van der Waals surface area contributed by atoms with Crippen LogP contribution in [0.3, 0.4) is 0 Å². The maximum Gasteiger partial charge on any atom is 0.192 e. The van der Waals surface area contributed by atoms with Crippen LogP contribution in [-0.2, 0) is 33.2 Å². The summed E-state index contributed by atoms with van der Waals surface area (Å²) >= 11 is 0. The average Bonchev–Trinajstić information content (AvgIpc) is 3.31. The first-order valence-corrected chi connectivity index (χ1v) is 19.0. The Hall–Kier alpha value is -0.910. The van der Waals surface area contributed by atoms with Gasteiger partial charge in [0.25, 0.3) is 0 Å². The molecule has 0 aromatic heterocycles. The minimum absolute atomic E-state index is 0.0543. The highest BCUT2D eigenvalue weighted by Gasteiger charge is 2.73. The number of nitriles is 1. The van der Waals surface area contributed by atoms with Crippen LogP contribution in [0.15, 0.2) is 0 Å². The van der Waals surface area contributed by atoms with E-state index in [9.17, 15) is 20.6 Å². The van der Waals surface area contributed by atoms with Crippen molar-refractivity contribution in [1.29, 1.82) is 5.26 Å². The van der Waals surface area contributed by atoms with Crippen molar-refractivity contribution in [3.05, 3.63) is 0 Å². The van der Waals surface area contributed by atoms with Gasteiger partial charge in [-0.3, -0.25) is 0 Å². The van der Waals surface area contributed by atoms with Crippen LogP contribution in [0.2, 0.25) is 0 Å². The van der Waals surface area contributed by atoms with Gasteiger partial charge in [0.15, 0.2) is 11.9 Å². The molecular formula is C38H65NO10. The molecule has 1 saturated heterocycles. The number of ether oxygens (including phenoxy) is 7. The molecule has 282 valence electrons. The van der Waals surface area contributed by atoms with E-state index in [1.54, 1.807) is 6.92 Å². The van der Waals surface area contributed by atoms with Gasteiger partial charge in [0.2, 0.25) is 0 Å². The molecule has 5 fully saturated rings. The first-order chi connectivity index (χ1) is 23.3. The van der Waals surface area contributed by atoms with Gasteiger partial charge in [-0.15, -0.1) is 0 Å². The van der Waals surface area contributed by atoms with Crippen molar-refractivity contribution in [3.8, 4) is 6.07 Å². The van der Waals surface area contributed by atoms with Gasteiger partial charge in [-0.05, 0) is 115 Å². The van der Waals surface area contributed by atoms with Crippen molar-refractivity contribution in [2.24, 2.45) is 28.6 Å². The molecule has 0 bridgehead atoms. The van der Waals surface area contributed by atoms with Gasteiger partial charge >= 0.3 is 0 Å². The van der Waals surface area contributed by atoms with Crippen molar-refractivity contribution in [2.45, 2.75) is 159 Å². The molecule has 13 atom stereocenters. The van der Waals surface area contributed by atoms with Crippen LogP contribution in [-0.4, -0.2) is 109 Å². The summed E-state index contributed by atoms with van der Waals surface area (Å²) in [6.45, 7) is 13.5. The predicted octanol–water partition coefficient (Wildman–Crippen LogP) is 4.88. The maximum atomic E-state index is 12.2. The van der Waals surface area contributed by atoms with E-state index >= 15 is 0 Å². The van der Waals surface area contributed by atoms with Crippen molar-refractivity contribution in [1.82, 2.24) is 0 Å². The molecule has 0 radical (unpaired) electrons. The zero-order valence-corrected chi connectivity index (χ0v) is 31.2. The van der Waals surface area contributed by atoms with E-state index in [1.165, 1.54) is 7.11 Å². The van der Waals surface area contributed by atoms with Gasteiger partial charge in [-0.25, -0.2) is 0 Å². The Morgan fingerprint density at radius 3 is 2.18 bits per heavy atom. The van der Waals surface area contributed by atoms with E-state index in [0.717, 1.165) is 51.4 Å². The van der Waals surface area contributed by atoms with Gasteiger partial charge in [0.05, 0.1) is 42.7 Å². The van der Waals surface area contributed by atoms with Gasteiger partial charge in [-0.1, -0.05) is 13.8 Å². The lowest BCUT2D eigenvalue weighted by atomic mass is 9.43. The van der Waals surface area contributed by atoms with Gasteiger partial charge < -0.3 is 48.5 Å². The maximum absolute atomic E-state index is 12.2. The molecule has 0 amide bonds. The van der Waals surface area contributed by atoms with E-state index in [4.69, 9.17) is 33.2 Å². The van der Waals surface area contributed by atoms with Gasteiger partial charge in [0, 0.05) is 38.8 Å². The molecule has 49 heavy (non-hydrogen) atoms. The lowest BCUT2D eigenvalue weighted by Gasteiger charge is -2.65. The average molecular weight is 696 g/mol. The van der Waals surface area contributed by atoms with Crippen molar-refractivity contribution < 1.29 is 48.5 Å². The van der Waals surface area contributed by atoms with E-state index in [0.29, 0.717) is 50.9 Å². The van der Waals surface area contributed by atoms with Crippen LogP contribution >= 0.6 is 0 Å². The van der Waals surface area contributed by atoms with Crippen LogP contribution in [0.5, 0.6) is 0 Å². The second kappa shape index (κ2) is 15.2. The zero-order chi connectivity index (χ0) is 35.7. The summed E-state index contributed by atoms with van der Waals surface area (Å²) in [5.41, 5.74) is -5.20. The highest BCUT2D eigenvalue weighted by molar-refractivity contribution is 5.22. The summed E-state index contributed by atoms with van der Waals surface area (Å²) in [6, 6.07) is 2.27. The summed E-state index contributed by atoms with van der Waals surface area (Å²) in [4.78, 5) is 0. The second-order valence-corrected chi connectivity index (χ2v) is 16.2. The summed E-state index contributed by atoms with van der Waals surface area (Å²) in [7, 11) is 1.48. The molecular weight excluding hydrogens is 630 g/mol. The van der Waals surface area contributed by atoms with Gasteiger partial charge in [0.1, 0.15) is 18.5 Å². The number of hydrogen-bond donors (Lipinski definition) is 3. The molecule has 11 nitrogen and oxygen atoms in total. The molecule has 11 heteroatoms. The van der Waals surface area contributed by atoms with Crippen LogP contribution in [0, 0.1) is 39.9 Å². The minimum Gasteiger partial charge on any atom is -0.389 e. The van der Waals surface area contributed by atoms with Crippen LogP contribution in [0.1, 0.15) is 112 Å². The monoisotopic (exact) mass is 695 g/mol. The first kappa shape index (κ1) is 39.3. The molecule has 4 saturated carbocycles. The fourth-order valence-corrected chi connectivity index (χ4v) is 11.4. The normalized spacial score (nSPS) is 48.0. The van der Waals surface area contributed by atoms with Gasteiger partial charge in [-0.2, -0.15) is 5.26 Å². The molecule has 0 aromatic carbocycles. The highest BCUT2D eigenvalue weighted by Crippen LogP contribution is 2.71. The van der Waals surface area contributed by atoms with Crippen LogP contribution in [0.25, 0.3) is 0 Å². The molecule has 3 unspecified atom stereocenters. The van der Waals surface area contributed by atoms with Crippen molar-refractivity contribution >= 4 is 0 Å². The number of rotatable bonds is 15. The predicted molar refractivity (Wildman–Crippen MR) is 181 cm³/mol. The Morgan fingerprint density at radius 1 is 0.837 bits per heavy atom. The standard InChI is InChI=1S/C38H65NO10/c1-8-44-23-36(41)26(4)48-32(37(42,24-45-9-2)31(36)43-7)49-28-14-17-33(5)27(22-28)12-13-30-29(33)15-18-34(6)35(40,16-11-21-39)19-20-38(30,34)47-25-46-10-3/h26-32,40-42H,8-20,22-25H2,1-7H3/t26-,27?,28?,29-,30-,31+,32+,33+,34-,35?,36-,37-,38-/m1/s1.